The molecule has 0 saturated heterocycles. The van der Waals surface area contributed by atoms with Crippen molar-refractivity contribution < 1.29 is 9.84 Å². The standard InChI is InChI=1S/C23H37NO2/c1-26-21-15-16-23-22(18-21)20(19-24-23)14-12-10-8-6-4-2-3-5-7-9-11-13-17-25/h15-16,18-19,24-25H,2-14,17H2,1H3. The van der Waals surface area contributed by atoms with Crippen LogP contribution in [0, 0.1) is 0 Å². The van der Waals surface area contributed by atoms with E-state index in [2.05, 4.69) is 23.3 Å². The average Bonchev–Trinajstić information content (AvgIpc) is 3.07. The molecular weight excluding hydrogens is 322 g/mol. The van der Waals surface area contributed by atoms with E-state index in [-0.39, 0.29) is 0 Å². The van der Waals surface area contributed by atoms with Crippen molar-refractivity contribution in [3.05, 3.63) is 30.0 Å². The Labute approximate surface area is 159 Å². The molecule has 146 valence electrons. The fourth-order valence-electron chi connectivity index (χ4n) is 3.69. The van der Waals surface area contributed by atoms with Crippen molar-refractivity contribution in [1.82, 2.24) is 4.98 Å². The third kappa shape index (κ3) is 7.41. The molecule has 2 rings (SSSR count). The van der Waals surface area contributed by atoms with E-state index in [1.165, 1.54) is 87.1 Å². The highest BCUT2D eigenvalue weighted by atomic mass is 16.5. The molecule has 0 aliphatic heterocycles. The summed E-state index contributed by atoms with van der Waals surface area (Å²) in [5, 5.41) is 10.1. The number of ether oxygens (including phenoxy) is 1. The largest absolute Gasteiger partial charge is 0.497 e. The molecule has 1 aromatic carbocycles. The van der Waals surface area contributed by atoms with Crippen LogP contribution in [0.3, 0.4) is 0 Å². The SMILES string of the molecule is COc1ccc2[nH]cc(CCCCCCCCCCCCCCO)c2c1. The van der Waals surface area contributed by atoms with Gasteiger partial charge in [-0.2, -0.15) is 0 Å². The first-order valence-corrected chi connectivity index (χ1v) is 10.6. The number of methoxy groups -OCH3 is 1. The number of nitrogens with one attached hydrogen (secondary N) is 1. The second kappa shape index (κ2) is 12.8. The van der Waals surface area contributed by atoms with Gasteiger partial charge >= 0.3 is 0 Å². The van der Waals surface area contributed by atoms with Crippen molar-refractivity contribution in [2.45, 2.75) is 83.5 Å². The van der Waals surface area contributed by atoms with Gasteiger partial charge in [0.25, 0.3) is 0 Å². The third-order valence-corrected chi connectivity index (χ3v) is 5.33. The zero-order chi connectivity index (χ0) is 18.5. The van der Waals surface area contributed by atoms with Gasteiger partial charge in [-0.25, -0.2) is 0 Å². The zero-order valence-corrected chi connectivity index (χ0v) is 16.6. The molecular formula is C23H37NO2. The highest BCUT2D eigenvalue weighted by Gasteiger charge is 2.05. The van der Waals surface area contributed by atoms with Crippen LogP contribution in [0.15, 0.2) is 24.4 Å². The number of aryl methyl sites for hydroxylation is 1. The zero-order valence-electron chi connectivity index (χ0n) is 16.6. The van der Waals surface area contributed by atoms with Crippen LogP contribution in [0.5, 0.6) is 5.75 Å². The van der Waals surface area contributed by atoms with Crippen molar-refractivity contribution in [3.8, 4) is 5.75 Å². The second-order valence-corrected chi connectivity index (χ2v) is 7.44. The summed E-state index contributed by atoms with van der Waals surface area (Å²) < 4.78 is 5.34. The Morgan fingerprint density at radius 2 is 1.38 bits per heavy atom. The fraction of sp³-hybridized carbons (Fsp3) is 0.652. The molecule has 2 aromatic rings. The van der Waals surface area contributed by atoms with Crippen molar-refractivity contribution in [1.29, 1.82) is 0 Å². The van der Waals surface area contributed by atoms with E-state index in [0.717, 1.165) is 18.6 Å². The maximum atomic E-state index is 8.74. The van der Waals surface area contributed by atoms with Crippen molar-refractivity contribution in [2.75, 3.05) is 13.7 Å². The van der Waals surface area contributed by atoms with Gasteiger partial charge in [-0.3, -0.25) is 0 Å². The number of rotatable bonds is 15. The molecule has 0 unspecified atom stereocenters. The summed E-state index contributed by atoms with van der Waals surface area (Å²) in [4.78, 5) is 3.37. The number of fused-ring (bicyclic) bond motifs is 1. The number of H-pyrrole nitrogens is 1. The molecule has 0 spiro atoms. The number of aliphatic hydroxyl groups excluding tert-OH is 1. The van der Waals surface area contributed by atoms with Crippen molar-refractivity contribution >= 4 is 10.9 Å². The first-order valence-electron chi connectivity index (χ1n) is 10.6. The molecule has 0 atom stereocenters. The van der Waals surface area contributed by atoms with Crippen LogP contribution in [0.25, 0.3) is 10.9 Å². The van der Waals surface area contributed by atoms with Crippen molar-refractivity contribution in [3.63, 3.8) is 0 Å². The minimum atomic E-state index is 0.356. The van der Waals surface area contributed by atoms with Gasteiger partial charge in [0.2, 0.25) is 0 Å². The molecule has 3 heteroatoms. The molecule has 0 fully saturated rings. The Morgan fingerprint density at radius 1 is 0.808 bits per heavy atom. The number of unbranched alkanes of at least 4 members (excludes halogenated alkanes) is 11. The molecule has 26 heavy (non-hydrogen) atoms. The Hall–Kier alpha value is -1.48. The lowest BCUT2D eigenvalue weighted by Gasteiger charge is -2.04. The van der Waals surface area contributed by atoms with Crippen LogP contribution in [0.2, 0.25) is 0 Å². The molecule has 0 aliphatic carbocycles. The molecule has 1 heterocycles. The predicted octanol–water partition coefficient (Wildman–Crippen LogP) is 6.39. The highest BCUT2D eigenvalue weighted by Crippen LogP contribution is 2.25. The first kappa shape index (κ1) is 20.8. The smallest absolute Gasteiger partial charge is 0.119 e. The van der Waals surface area contributed by atoms with E-state index in [0.29, 0.717) is 6.61 Å². The van der Waals surface area contributed by atoms with E-state index < -0.39 is 0 Å². The van der Waals surface area contributed by atoms with E-state index in [4.69, 9.17) is 9.84 Å². The van der Waals surface area contributed by atoms with Crippen LogP contribution in [-0.2, 0) is 6.42 Å². The van der Waals surface area contributed by atoms with E-state index >= 15 is 0 Å². The van der Waals surface area contributed by atoms with E-state index in [1.54, 1.807) is 7.11 Å². The normalized spacial score (nSPS) is 11.3. The van der Waals surface area contributed by atoms with Crippen LogP contribution in [0.1, 0.15) is 82.6 Å². The molecule has 2 N–H and O–H groups in total. The van der Waals surface area contributed by atoms with Crippen LogP contribution < -0.4 is 4.74 Å². The average molecular weight is 360 g/mol. The maximum Gasteiger partial charge on any atom is 0.119 e. The summed E-state index contributed by atoms with van der Waals surface area (Å²) >= 11 is 0. The lowest BCUT2D eigenvalue weighted by Crippen LogP contribution is -1.87. The summed E-state index contributed by atoms with van der Waals surface area (Å²) in [7, 11) is 1.73. The van der Waals surface area contributed by atoms with Crippen molar-refractivity contribution in [2.24, 2.45) is 0 Å². The lowest BCUT2D eigenvalue weighted by molar-refractivity contribution is 0.282. The number of benzene rings is 1. The monoisotopic (exact) mass is 359 g/mol. The topological polar surface area (TPSA) is 45.2 Å². The Balaban J connectivity index is 1.48. The fourth-order valence-corrected chi connectivity index (χ4v) is 3.69. The van der Waals surface area contributed by atoms with Crippen LogP contribution in [-0.4, -0.2) is 23.8 Å². The van der Waals surface area contributed by atoms with E-state index in [1.807, 2.05) is 6.07 Å². The predicted molar refractivity (Wildman–Crippen MR) is 111 cm³/mol. The van der Waals surface area contributed by atoms with Crippen LogP contribution in [0.4, 0.5) is 0 Å². The summed E-state index contributed by atoms with van der Waals surface area (Å²) in [5.41, 5.74) is 2.62. The number of aromatic amines is 1. The quantitative estimate of drug-likeness (QED) is 0.362. The minimum absolute atomic E-state index is 0.356. The molecule has 1 aromatic heterocycles. The third-order valence-electron chi connectivity index (χ3n) is 5.33. The van der Waals surface area contributed by atoms with Gasteiger partial charge in [0.1, 0.15) is 5.75 Å². The van der Waals surface area contributed by atoms with Gasteiger partial charge in [-0.15, -0.1) is 0 Å². The van der Waals surface area contributed by atoms with Gasteiger partial charge in [0.15, 0.2) is 0 Å². The summed E-state index contributed by atoms with van der Waals surface area (Å²) in [6, 6.07) is 6.26. The second-order valence-electron chi connectivity index (χ2n) is 7.44. The Bertz CT molecular complexity index is 605. The summed E-state index contributed by atoms with van der Waals surface area (Å²) in [6.45, 7) is 0.356. The number of aliphatic hydroxyl groups is 1. The molecule has 3 nitrogen and oxygen atoms in total. The number of aromatic nitrogens is 1. The van der Waals surface area contributed by atoms with Gasteiger partial charge in [-0.05, 0) is 43.0 Å². The van der Waals surface area contributed by atoms with Gasteiger partial charge in [0.05, 0.1) is 7.11 Å². The number of hydrogen-bond acceptors (Lipinski definition) is 2. The lowest BCUT2D eigenvalue weighted by atomic mass is 10.0. The molecule has 0 amide bonds. The summed E-state index contributed by atoms with van der Waals surface area (Å²) in [6.07, 6.45) is 19.0. The van der Waals surface area contributed by atoms with Gasteiger partial charge in [-0.1, -0.05) is 64.2 Å². The maximum absolute atomic E-state index is 8.74. The Morgan fingerprint density at radius 3 is 1.96 bits per heavy atom. The molecule has 0 radical (unpaired) electrons. The van der Waals surface area contributed by atoms with Gasteiger partial charge < -0.3 is 14.8 Å². The van der Waals surface area contributed by atoms with Crippen LogP contribution >= 0.6 is 0 Å². The first-order chi connectivity index (χ1) is 12.8. The molecule has 0 aliphatic rings. The molecule has 0 saturated carbocycles. The highest BCUT2D eigenvalue weighted by molar-refractivity contribution is 5.84. The number of hydrogen-bond donors (Lipinski definition) is 2. The van der Waals surface area contributed by atoms with Gasteiger partial charge in [0, 0.05) is 23.7 Å². The minimum Gasteiger partial charge on any atom is -0.497 e. The molecule has 0 bridgehead atoms. The summed E-state index contributed by atoms with van der Waals surface area (Å²) in [5.74, 6) is 0.937. The van der Waals surface area contributed by atoms with E-state index in [9.17, 15) is 0 Å². The Kier molecular flexibility index (Phi) is 10.3.